The molecule has 88 valence electrons. The number of aryl methyl sites for hydroxylation is 2. The third-order valence-corrected chi connectivity index (χ3v) is 3.46. The molecule has 2 N–H and O–H groups in total. The Hall–Kier alpha value is -0.860. The minimum absolute atomic E-state index is 0.518. The van der Waals surface area contributed by atoms with Crippen LogP contribution in [-0.2, 0) is 0 Å². The Morgan fingerprint density at radius 1 is 1.19 bits per heavy atom. The van der Waals surface area contributed by atoms with E-state index in [1.165, 1.54) is 29.5 Å². The van der Waals surface area contributed by atoms with Gasteiger partial charge in [-0.3, -0.25) is 0 Å². The molecule has 2 heteroatoms. The van der Waals surface area contributed by atoms with Gasteiger partial charge < -0.3 is 10.6 Å². The third-order valence-electron chi connectivity index (χ3n) is 3.46. The van der Waals surface area contributed by atoms with E-state index in [1.54, 1.807) is 0 Å². The van der Waals surface area contributed by atoms with Gasteiger partial charge in [-0.15, -0.1) is 0 Å². The zero-order valence-electron chi connectivity index (χ0n) is 10.5. The molecular weight excluding hydrogens is 196 g/mol. The summed E-state index contributed by atoms with van der Waals surface area (Å²) in [5.74, 6) is 0. The molecule has 0 bridgehead atoms. The van der Waals surface area contributed by atoms with Crippen molar-refractivity contribution in [2.24, 2.45) is 0 Å². The van der Waals surface area contributed by atoms with Crippen LogP contribution in [0.4, 0.5) is 0 Å². The van der Waals surface area contributed by atoms with Crippen molar-refractivity contribution in [3.8, 4) is 0 Å². The maximum atomic E-state index is 3.61. The molecule has 0 aromatic heterocycles. The number of rotatable bonds is 2. The summed E-state index contributed by atoms with van der Waals surface area (Å²) in [6.07, 6.45) is 2.43. The second-order valence-electron chi connectivity index (χ2n) is 4.94. The second-order valence-corrected chi connectivity index (χ2v) is 4.94. The Kier molecular flexibility index (Phi) is 3.62. The molecule has 2 rings (SSSR count). The lowest BCUT2D eigenvalue weighted by Crippen LogP contribution is -2.40. The molecule has 1 aromatic rings. The first-order valence-corrected chi connectivity index (χ1v) is 6.18. The molecule has 0 spiro atoms. The molecule has 1 saturated heterocycles. The van der Waals surface area contributed by atoms with E-state index in [2.05, 4.69) is 49.7 Å². The van der Waals surface area contributed by atoms with Crippen molar-refractivity contribution in [3.63, 3.8) is 0 Å². The first-order chi connectivity index (χ1) is 7.69. The number of hydrogen-bond acceptors (Lipinski definition) is 2. The normalized spacial score (nSPS) is 25.7. The summed E-state index contributed by atoms with van der Waals surface area (Å²) < 4.78 is 0. The smallest absolute Gasteiger partial charge is 0.0335 e. The van der Waals surface area contributed by atoms with Gasteiger partial charge in [-0.1, -0.05) is 29.3 Å². The van der Waals surface area contributed by atoms with Gasteiger partial charge in [-0.05, 0) is 45.8 Å². The first-order valence-electron chi connectivity index (χ1n) is 6.18. The van der Waals surface area contributed by atoms with E-state index in [0.717, 1.165) is 6.54 Å². The zero-order valence-corrected chi connectivity index (χ0v) is 10.5. The lowest BCUT2D eigenvalue weighted by Gasteiger charge is -2.30. The van der Waals surface area contributed by atoms with Crippen LogP contribution in [0.3, 0.4) is 0 Å². The molecule has 1 aliphatic rings. The fraction of sp³-hybridized carbons (Fsp3) is 0.571. The average Bonchev–Trinajstić information content (AvgIpc) is 2.28. The highest BCUT2D eigenvalue weighted by atomic mass is 15.0. The molecule has 0 amide bonds. The standard InChI is InChI=1S/C14H22N2/c1-10-6-11(2)8-12(7-10)14-9-13(15-3)4-5-16-14/h6-8,13-16H,4-5,9H2,1-3H3. The Labute approximate surface area is 98.4 Å². The average molecular weight is 218 g/mol. The Morgan fingerprint density at radius 2 is 1.88 bits per heavy atom. The predicted molar refractivity (Wildman–Crippen MR) is 68.7 cm³/mol. The van der Waals surface area contributed by atoms with E-state index < -0.39 is 0 Å². The highest BCUT2D eigenvalue weighted by molar-refractivity contribution is 5.31. The molecule has 1 aliphatic heterocycles. The van der Waals surface area contributed by atoms with Gasteiger partial charge in [0.1, 0.15) is 0 Å². The summed E-state index contributed by atoms with van der Waals surface area (Å²) in [6, 6.07) is 8.03. The molecule has 16 heavy (non-hydrogen) atoms. The molecule has 1 fully saturated rings. The van der Waals surface area contributed by atoms with Crippen LogP contribution < -0.4 is 10.6 Å². The molecule has 0 aliphatic carbocycles. The third kappa shape index (κ3) is 2.63. The maximum Gasteiger partial charge on any atom is 0.0335 e. The summed E-state index contributed by atoms with van der Waals surface area (Å²) in [5.41, 5.74) is 4.17. The fourth-order valence-corrected chi connectivity index (χ4v) is 2.64. The van der Waals surface area contributed by atoms with Gasteiger partial charge >= 0.3 is 0 Å². The first kappa shape index (κ1) is 11.6. The fourth-order valence-electron chi connectivity index (χ4n) is 2.64. The van der Waals surface area contributed by atoms with Gasteiger partial charge in [-0.2, -0.15) is 0 Å². The molecule has 1 aromatic carbocycles. The number of piperidine rings is 1. The number of hydrogen-bond donors (Lipinski definition) is 2. The van der Waals surface area contributed by atoms with Crippen molar-refractivity contribution in [2.75, 3.05) is 13.6 Å². The van der Waals surface area contributed by atoms with Crippen LogP contribution in [0, 0.1) is 13.8 Å². The van der Waals surface area contributed by atoms with Crippen LogP contribution in [0.25, 0.3) is 0 Å². The van der Waals surface area contributed by atoms with Crippen LogP contribution in [0.1, 0.15) is 35.6 Å². The largest absolute Gasteiger partial charge is 0.317 e. The Morgan fingerprint density at radius 3 is 2.50 bits per heavy atom. The van der Waals surface area contributed by atoms with E-state index in [4.69, 9.17) is 0 Å². The number of benzene rings is 1. The summed E-state index contributed by atoms with van der Waals surface area (Å²) >= 11 is 0. The molecule has 2 unspecified atom stereocenters. The quantitative estimate of drug-likeness (QED) is 0.796. The lowest BCUT2D eigenvalue weighted by atomic mass is 9.92. The number of nitrogens with one attached hydrogen (secondary N) is 2. The molecule has 2 nitrogen and oxygen atoms in total. The van der Waals surface area contributed by atoms with Crippen molar-refractivity contribution in [2.45, 2.75) is 38.8 Å². The highest BCUT2D eigenvalue weighted by Crippen LogP contribution is 2.24. The van der Waals surface area contributed by atoms with E-state index >= 15 is 0 Å². The van der Waals surface area contributed by atoms with E-state index in [0.29, 0.717) is 12.1 Å². The highest BCUT2D eigenvalue weighted by Gasteiger charge is 2.21. The van der Waals surface area contributed by atoms with Crippen LogP contribution in [0.5, 0.6) is 0 Å². The van der Waals surface area contributed by atoms with Crippen molar-refractivity contribution in [1.29, 1.82) is 0 Å². The molecule has 2 atom stereocenters. The topological polar surface area (TPSA) is 24.1 Å². The Balaban J connectivity index is 2.16. The van der Waals surface area contributed by atoms with Crippen molar-refractivity contribution >= 4 is 0 Å². The monoisotopic (exact) mass is 218 g/mol. The minimum atomic E-state index is 0.518. The van der Waals surface area contributed by atoms with Gasteiger partial charge in [0.25, 0.3) is 0 Å². The van der Waals surface area contributed by atoms with E-state index in [-0.39, 0.29) is 0 Å². The summed E-state index contributed by atoms with van der Waals surface area (Å²) in [6.45, 7) is 5.47. The van der Waals surface area contributed by atoms with Crippen molar-refractivity contribution < 1.29 is 0 Å². The van der Waals surface area contributed by atoms with Crippen LogP contribution in [0.15, 0.2) is 18.2 Å². The van der Waals surface area contributed by atoms with Gasteiger partial charge in [0.2, 0.25) is 0 Å². The maximum absolute atomic E-state index is 3.61. The predicted octanol–water partition coefficient (Wildman–Crippen LogP) is 2.32. The summed E-state index contributed by atoms with van der Waals surface area (Å²) in [5, 5.41) is 7.01. The zero-order chi connectivity index (χ0) is 11.5. The van der Waals surface area contributed by atoms with Crippen molar-refractivity contribution in [1.82, 2.24) is 10.6 Å². The van der Waals surface area contributed by atoms with E-state index in [1.807, 2.05) is 0 Å². The summed E-state index contributed by atoms with van der Waals surface area (Å²) in [4.78, 5) is 0. The van der Waals surface area contributed by atoms with Crippen LogP contribution in [0.2, 0.25) is 0 Å². The molecule has 0 saturated carbocycles. The van der Waals surface area contributed by atoms with Gasteiger partial charge in [-0.25, -0.2) is 0 Å². The van der Waals surface area contributed by atoms with Gasteiger partial charge in [0.05, 0.1) is 0 Å². The Bertz CT molecular complexity index is 340. The van der Waals surface area contributed by atoms with Gasteiger partial charge in [0.15, 0.2) is 0 Å². The molecular formula is C14H22N2. The lowest BCUT2D eigenvalue weighted by molar-refractivity contribution is 0.337. The van der Waals surface area contributed by atoms with E-state index in [9.17, 15) is 0 Å². The molecule has 0 radical (unpaired) electrons. The SMILES string of the molecule is CNC1CCNC(c2cc(C)cc(C)c2)C1. The molecule has 1 heterocycles. The van der Waals surface area contributed by atoms with Crippen LogP contribution in [-0.4, -0.2) is 19.6 Å². The second kappa shape index (κ2) is 4.98. The van der Waals surface area contributed by atoms with Crippen molar-refractivity contribution in [3.05, 3.63) is 34.9 Å². The van der Waals surface area contributed by atoms with Crippen LogP contribution >= 0.6 is 0 Å². The van der Waals surface area contributed by atoms with Gasteiger partial charge in [0, 0.05) is 12.1 Å². The minimum Gasteiger partial charge on any atom is -0.317 e. The summed E-state index contributed by atoms with van der Waals surface area (Å²) in [7, 11) is 2.06.